The predicted octanol–water partition coefficient (Wildman–Crippen LogP) is 3.86. The van der Waals surface area contributed by atoms with E-state index in [9.17, 15) is 31.9 Å². The van der Waals surface area contributed by atoms with Gasteiger partial charge in [0, 0.05) is 11.5 Å². The van der Waals surface area contributed by atoms with Crippen molar-refractivity contribution in [3.05, 3.63) is 63.8 Å². The van der Waals surface area contributed by atoms with E-state index in [-0.39, 0.29) is 16.7 Å². The molecule has 0 saturated carbocycles. The Bertz CT molecular complexity index is 981. The molecule has 1 heterocycles. The second-order valence-electron chi connectivity index (χ2n) is 4.61. The Balaban J connectivity index is 2.40. The summed E-state index contributed by atoms with van der Waals surface area (Å²) < 4.78 is 71.9. The summed E-state index contributed by atoms with van der Waals surface area (Å²) in [7, 11) is 0. The first-order chi connectivity index (χ1) is 10.8. The third-order valence-electron chi connectivity index (χ3n) is 3.20. The van der Waals surface area contributed by atoms with E-state index in [1.165, 1.54) is 12.1 Å². The van der Waals surface area contributed by atoms with Gasteiger partial charge in [-0.2, -0.15) is 0 Å². The molecule has 0 fully saturated rings. The SMILES string of the molecule is O=c1oc2cc(O)ccc2cc1-c1c(F)c(F)c(F)c(F)c1F. The van der Waals surface area contributed by atoms with Gasteiger partial charge in [-0.25, -0.2) is 26.7 Å². The molecule has 8 heteroatoms. The maximum absolute atomic E-state index is 13.8. The van der Waals surface area contributed by atoms with Crippen LogP contribution in [0.1, 0.15) is 0 Å². The third-order valence-corrected chi connectivity index (χ3v) is 3.20. The first-order valence-electron chi connectivity index (χ1n) is 6.10. The summed E-state index contributed by atoms with van der Waals surface area (Å²) in [5.41, 5.74) is -3.62. The summed E-state index contributed by atoms with van der Waals surface area (Å²) in [5, 5.41) is 9.40. The average molecular weight is 328 g/mol. The molecule has 1 aromatic heterocycles. The maximum Gasteiger partial charge on any atom is 0.344 e. The largest absolute Gasteiger partial charge is 0.508 e. The van der Waals surface area contributed by atoms with Crippen molar-refractivity contribution in [1.82, 2.24) is 0 Å². The molecule has 0 aliphatic rings. The summed E-state index contributed by atoms with van der Waals surface area (Å²) in [4.78, 5) is 11.8. The maximum atomic E-state index is 13.8. The minimum Gasteiger partial charge on any atom is -0.508 e. The highest BCUT2D eigenvalue weighted by atomic mass is 19.2. The van der Waals surface area contributed by atoms with Crippen LogP contribution in [-0.2, 0) is 0 Å². The van der Waals surface area contributed by atoms with E-state index in [1.54, 1.807) is 0 Å². The molecule has 0 bridgehead atoms. The lowest BCUT2D eigenvalue weighted by atomic mass is 10.0. The fourth-order valence-electron chi connectivity index (χ4n) is 2.12. The second kappa shape index (κ2) is 5.08. The second-order valence-corrected chi connectivity index (χ2v) is 4.61. The topological polar surface area (TPSA) is 50.4 Å². The lowest BCUT2D eigenvalue weighted by Gasteiger charge is -2.08. The van der Waals surface area contributed by atoms with Crippen molar-refractivity contribution in [2.75, 3.05) is 0 Å². The number of rotatable bonds is 1. The smallest absolute Gasteiger partial charge is 0.344 e. The van der Waals surface area contributed by atoms with Gasteiger partial charge in [0.1, 0.15) is 11.3 Å². The van der Waals surface area contributed by atoms with Crippen LogP contribution in [0.2, 0.25) is 0 Å². The van der Waals surface area contributed by atoms with E-state index in [0.717, 1.165) is 12.1 Å². The van der Waals surface area contributed by atoms with Gasteiger partial charge in [0.15, 0.2) is 23.3 Å². The molecule has 118 valence electrons. The Morgan fingerprint density at radius 3 is 2.00 bits per heavy atom. The average Bonchev–Trinajstić information content (AvgIpc) is 2.52. The van der Waals surface area contributed by atoms with E-state index < -0.39 is 45.8 Å². The predicted molar refractivity (Wildman–Crippen MR) is 69.4 cm³/mol. The van der Waals surface area contributed by atoms with Crippen LogP contribution in [-0.4, -0.2) is 5.11 Å². The molecular weight excluding hydrogens is 323 g/mol. The minimum atomic E-state index is -2.32. The Morgan fingerprint density at radius 1 is 0.826 bits per heavy atom. The number of halogens is 5. The van der Waals surface area contributed by atoms with Gasteiger partial charge in [-0.15, -0.1) is 0 Å². The number of benzene rings is 2. The lowest BCUT2D eigenvalue weighted by molar-refractivity contribution is 0.381. The zero-order chi connectivity index (χ0) is 16.9. The highest BCUT2D eigenvalue weighted by molar-refractivity contribution is 5.83. The van der Waals surface area contributed by atoms with E-state index in [2.05, 4.69) is 0 Å². The summed E-state index contributed by atoms with van der Waals surface area (Å²) in [6.45, 7) is 0. The number of fused-ring (bicyclic) bond motifs is 1. The molecule has 23 heavy (non-hydrogen) atoms. The zero-order valence-corrected chi connectivity index (χ0v) is 11.0. The van der Waals surface area contributed by atoms with Gasteiger partial charge >= 0.3 is 5.63 Å². The Hall–Kier alpha value is -2.90. The number of hydrogen-bond acceptors (Lipinski definition) is 3. The molecule has 3 rings (SSSR count). The van der Waals surface area contributed by atoms with E-state index in [1.807, 2.05) is 0 Å². The minimum absolute atomic E-state index is 0.109. The Morgan fingerprint density at radius 2 is 1.39 bits per heavy atom. The number of hydrogen-bond donors (Lipinski definition) is 1. The van der Waals surface area contributed by atoms with Crippen molar-refractivity contribution >= 4 is 11.0 Å². The van der Waals surface area contributed by atoms with Gasteiger partial charge in [0.2, 0.25) is 5.82 Å². The van der Waals surface area contributed by atoms with Crippen LogP contribution in [0.25, 0.3) is 22.1 Å². The highest BCUT2D eigenvalue weighted by Crippen LogP contribution is 2.31. The Labute approximate surface area is 124 Å². The number of aromatic hydroxyl groups is 1. The van der Waals surface area contributed by atoms with Crippen LogP contribution < -0.4 is 5.63 Å². The first-order valence-corrected chi connectivity index (χ1v) is 6.10. The molecule has 0 aliphatic heterocycles. The molecule has 0 spiro atoms. The van der Waals surface area contributed by atoms with Crippen LogP contribution in [0.4, 0.5) is 22.0 Å². The Kier molecular flexibility index (Phi) is 3.32. The quantitative estimate of drug-likeness (QED) is 0.319. The van der Waals surface area contributed by atoms with Crippen molar-refractivity contribution in [3.8, 4) is 16.9 Å². The molecule has 2 aromatic carbocycles. The van der Waals surface area contributed by atoms with Crippen LogP contribution >= 0.6 is 0 Å². The standard InChI is InChI=1S/C15H5F5O3/c16-10-9(11(17)13(19)14(20)12(10)18)7-3-5-1-2-6(21)4-8(5)23-15(7)22/h1-4,21H. The van der Waals surface area contributed by atoms with E-state index >= 15 is 0 Å². The molecule has 0 radical (unpaired) electrons. The van der Waals surface area contributed by atoms with Crippen molar-refractivity contribution in [1.29, 1.82) is 0 Å². The van der Waals surface area contributed by atoms with Gasteiger partial charge < -0.3 is 9.52 Å². The normalized spacial score (nSPS) is 11.2. The molecule has 0 saturated heterocycles. The summed E-state index contributed by atoms with van der Waals surface area (Å²) in [6.07, 6.45) is 0. The summed E-state index contributed by atoms with van der Waals surface area (Å²) in [5.74, 6) is -11.1. The van der Waals surface area contributed by atoms with Crippen LogP contribution in [0.15, 0.2) is 33.5 Å². The van der Waals surface area contributed by atoms with Crippen LogP contribution in [0.3, 0.4) is 0 Å². The molecule has 3 aromatic rings. The molecule has 0 unspecified atom stereocenters. The molecule has 0 amide bonds. The zero-order valence-electron chi connectivity index (χ0n) is 11.0. The molecule has 0 aliphatic carbocycles. The van der Waals surface area contributed by atoms with Crippen LogP contribution in [0, 0.1) is 29.1 Å². The summed E-state index contributed by atoms with van der Waals surface area (Å²) in [6, 6.07) is 4.44. The first kappa shape index (κ1) is 15.0. The van der Waals surface area contributed by atoms with Crippen molar-refractivity contribution in [3.63, 3.8) is 0 Å². The number of phenols is 1. The monoisotopic (exact) mass is 328 g/mol. The van der Waals surface area contributed by atoms with Gasteiger partial charge in [-0.1, -0.05) is 0 Å². The third kappa shape index (κ3) is 2.23. The van der Waals surface area contributed by atoms with Gasteiger partial charge in [-0.3, -0.25) is 0 Å². The molecule has 0 atom stereocenters. The fraction of sp³-hybridized carbons (Fsp3) is 0. The van der Waals surface area contributed by atoms with Crippen molar-refractivity contribution < 1.29 is 31.5 Å². The number of phenolic OH excluding ortho intramolecular Hbond substituents is 1. The van der Waals surface area contributed by atoms with Gasteiger partial charge in [0.25, 0.3) is 0 Å². The highest BCUT2D eigenvalue weighted by Gasteiger charge is 2.28. The molecule has 3 nitrogen and oxygen atoms in total. The van der Waals surface area contributed by atoms with Crippen LogP contribution in [0.5, 0.6) is 5.75 Å². The fourth-order valence-corrected chi connectivity index (χ4v) is 2.12. The van der Waals surface area contributed by atoms with Gasteiger partial charge in [-0.05, 0) is 18.2 Å². The van der Waals surface area contributed by atoms with E-state index in [0.29, 0.717) is 0 Å². The van der Waals surface area contributed by atoms with Crippen molar-refractivity contribution in [2.24, 2.45) is 0 Å². The molecule has 1 N–H and O–H groups in total. The molecular formula is C15H5F5O3. The van der Waals surface area contributed by atoms with E-state index in [4.69, 9.17) is 4.42 Å². The summed E-state index contributed by atoms with van der Waals surface area (Å²) >= 11 is 0. The van der Waals surface area contributed by atoms with Gasteiger partial charge in [0.05, 0.1) is 11.1 Å². The van der Waals surface area contributed by atoms with Crippen molar-refractivity contribution in [2.45, 2.75) is 0 Å². The lowest BCUT2D eigenvalue weighted by Crippen LogP contribution is -2.10.